The number of likely N-dealkylation sites (tertiary alicyclic amines) is 1. The Bertz CT molecular complexity index is 909. The lowest BCUT2D eigenvalue weighted by Crippen LogP contribution is -3.11. The van der Waals surface area contributed by atoms with E-state index in [1.807, 2.05) is 6.07 Å². The zero-order chi connectivity index (χ0) is 21.1. The number of amides is 1. The molecule has 4 rings (SSSR count). The molecule has 2 aliphatic heterocycles. The number of carbonyl (C=O) groups excluding carboxylic acids is 1. The first-order valence-electron chi connectivity index (χ1n) is 11.2. The summed E-state index contributed by atoms with van der Waals surface area (Å²) in [7, 11) is 0. The number of carbonyl (C=O) groups is 1. The minimum Gasteiger partial charge on any atom is -0.490 e. The third-order valence-corrected chi connectivity index (χ3v) is 6.24. The molecule has 30 heavy (non-hydrogen) atoms. The van der Waals surface area contributed by atoms with Gasteiger partial charge in [0.1, 0.15) is 6.04 Å². The fraction of sp³-hybridized carbons (Fsp3) is 0.480. The minimum absolute atomic E-state index is 0.0856. The van der Waals surface area contributed by atoms with Crippen LogP contribution in [-0.2, 0) is 4.79 Å². The second-order valence-electron chi connectivity index (χ2n) is 8.78. The van der Waals surface area contributed by atoms with Crippen molar-refractivity contribution in [3.05, 3.63) is 53.1 Å². The Labute approximate surface area is 179 Å². The molecule has 5 nitrogen and oxygen atoms in total. The summed E-state index contributed by atoms with van der Waals surface area (Å²) < 4.78 is 11.6. The topological polar surface area (TPSA) is 52.0 Å². The lowest BCUT2D eigenvalue weighted by molar-refractivity contribution is -0.910. The van der Waals surface area contributed by atoms with Crippen molar-refractivity contribution in [2.75, 3.05) is 31.6 Å². The van der Waals surface area contributed by atoms with Gasteiger partial charge in [0.2, 0.25) is 0 Å². The van der Waals surface area contributed by atoms with Crippen molar-refractivity contribution in [1.82, 2.24) is 0 Å². The van der Waals surface area contributed by atoms with Gasteiger partial charge in [0.15, 0.2) is 18.0 Å². The van der Waals surface area contributed by atoms with Gasteiger partial charge in [-0.2, -0.15) is 0 Å². The number of quaternary nitrogens is 1. The van der Waals surface area contributed by atoms with Crippen molar-refractivity contribution >= 4 is 11.6 Å². The molecule has 0 spiro atoms. The molecule has 2 atom stereocenters. The summed E-state index contributed by atoms with van der Waals surface area (Å²) >= 11 is 0. The highest BCUT2D eigenvalue weighted by molar-refractivity contribution is 5.93. The van der Waals surface area contributed by atoms with Gasteiger partial charge in [-0.05, 0) is 42.2 Å². The van der Waals surface area contributed by atoms with Crippen LogP contribution in [0.3, 0.4) is 0 Å². The average Bonchev–Trinajstić information content (AvgIpc) is 3.04. The molecular formula is C25H33N2O3+. The van der Waals surface area contributed by atoms with E-state index in [-0.39, 0.29) is 5.91 Å². The number of benzene rings is 2. The Morgan fingerprint density at radius 1 is 1.13 bits per heavy atom. The molecular weight excluding hydrogens is 376 g/mol. The van der Waals surface area contributed by atoms with Gasteiger partial charge in [0, 0.05) is 30.5 Å². The van der Waals surface area contributed by atoms with Gasteiger partial charge in [-0.15, -0.1) is 0 Å². The van der Waals surface area contributed by atoms with Crippen LogP contribution in [0.4, 0.5) is 5.69 Å². The van der Waals surface area contributed by atoms with Crippen LogP contribution in [0.5, 0.6) is 11.5 Å². The minimum atomic E-state index is 0.0856. The van der Waals surface area contributed by atoms with Crippen LogP contribution in [0, 0.1) is 6.92 Å². The second kappa shape index (κ2) is 9.09. The second-order valence-corrected chi connectivity index (χ2v) is 8.78. The lowest BCUT2D eigenvalue weighted by atomic mass is 9.98. The molecule has 0 saturated carbocycles. The number of hydrogen-bond acceptors (Lipinski definition) is 3. The van der Waals surface area contributed by atoms with E-state index in [4.69, 9.17) is 9.47 Å². The van der Waals surface area contributed by atoms with E-state index in [0.717, 1.165) is 48.6 Å². The van der Waals surface area contributed by atoms with Crippen LogP contribution < -0.4 is 19.7 Å². The molecule has 2 aliphatic rings. The molecule has 1 fully saturated rings. The number of ether oxygens (including phenoxy) is 2. The van der Waals surface area contributed by atoms with Crippen molar-refractivity contribution in [1.29, 1.82) is 0 Å². The van der Waals surface area contributed by atoms with Crippen LogP contribution in [0.1, 0.15) is 61.8 Å². The average molecular weight is 410 g/mol. The maximum absolute atomic E-state index is 13.0. The Morgan fingerprint density at radius 2 is 1.93 bits per heavy atom. The predicted octanol–water partition coefficient (Wildman–Crippen LogP) is 3.64. The van der Waals surface area contributed by atoms with E-state index in [2.05, 4.69) is 56.4 Å². The number of rotatable bonds is 5. The molecule has 2 heterocycles. The molecule has 1 amide bonds. The highest BCUT2D eigenvalue weighted by Crippen LogP contribution is 2.33. The number of fused-ring (bicyclic) bond motifs is 1. The maximum atomic E-state index is 13.0. The smallest absolute Gasteiger partial charge is 0.279 e. The molecule has 0 radical (unpaired) electrons. The quantitative estimate of drug-likeness (QED) is 0.793. The summed E-state index contributed by atoms with van der Waals surface area (Å²) in [6.45, 7) is 9.26. The highest BCUT2D eigenvalue weighted by Gasteiger charge is 2.32. The van der Waals surface area contributed by atoms with Crippen LogP contribution in [-0.4, -0.2) is 32.2 Å². The molecule has 0 aliphatic carbocycles. The van der Waals surface area contributed by atoms with Crippen LogP contribution in [0.25, 0.3) is 0 Å². The zero-order valence-electron chi connectivity index (χ0n) is 18.3. The van der Waals surface area contributed by atoms with Gasteiger partial charge in [-0.3, -0.25) is 4.79 Å². The first kappa shape index (κ1) is 20.7. The largest absolute Gasteiger partial charge is 0.490 e. The van der Waals surface area contributed by atoms with Crippen molar-refractivity contribution < 1.29 is 19.2 Å². The highest BCUT2D eigenvalue weighted by atomic mass is 16.5. The fourth-order valence-electron chi connectivity index (χ4n) is 4.65. The summed E-state index contributed by atoms with van der Waals surface area (Å²) in [4.78, 5) is 14.3. The van der Waals surface area contributed by atoms with E-state index < -0.39 is 0 Å². The Balaban J connectivity index is 1.47. The van der Waals surface area contributed by atoms with E-state index in [1.165, 1.54) is 16.0 Å². The lowest BCUT2D eigenvalue weighted by Gasteiger charge is -2.23. The van der Waals surface area contributed by atoms with Gasteiger partial charge >= 0.3 is 0 Å². The van der Waals surface area contributed by atoms with E-state index in [9.17, 15) is 4.79 Å². The Kier molecular flexibility index (Phi) is 6.28. The molecule has 5 heteroatoms. The normalized spacial score (nSPS) is 20.8. The van der Waals surface area contributed by atoms with Gasteiger partial charge in [0.05, 0.1) is 19.8 Å². The van der Waals surface area contributed by atoms with E-state index in [1.54, 1.807) is 0 Å². The van der Waals surface area contributed by atoms with Crippen LogP contribution in [0.2, 0.25) is 0 Å². The molecule has 160 valence electrons. The molecule has 1 saturated heterocycles. The summed E-state index contributed by atoms with van der Waals surface area (Å²) in [6, 6.07) is 12.8. The van der Waals surface area contributed by atoms with Crippen LogP contribution >= 0.6 is 0 Å². The third-order valence-electron chi connectivity index (χ3n) is 6.24. The molecule has 0 aromatic heterocycles. The summed E-state index contributed by atoms with van der Waals surface area (Å²) in [5.74, 6) is 2.12. The zero-order valence-corrected chi connectivity index (χ0v) is 18.3. The number of para-hydroxylation sites is 1. The Morgan fingerprint density at radius 3 is 2.73 bits per heavy atom. The standard InChI is InChI=1S/C25H32N2O3/c1-17(2)20-8-4-7-18(3)25(20)26-24(28)16-27-12-5-9-21(27)19-10-11-22-23(15-19)30-14-6-13-29-22/h4,7-8,10-11,15,17,21H,5-6,9,12-14,16H2,1-3H3,(H,26,28)/p+1/t21-/m1/s1. The molecule has 2 N–H and O–H groups in total. The van der Waals surface area contributed by atoms with Gasteiger partial charge in [-0.1, -0.05) is 32.0 Å². The number of hydrogen-bond donors (Lipinski definition) is 2. The monoisotopic (exact) mass is 409 g/mol. The predicted molar refractivity (Wildman–Crippen MR) is 119 cm³/mol. The number of anilines is 1. The molecule has 0 bridgehead atoms. The van der Waals surface area contributed by atoms with Crippen molar-refractivity contribution in [3.8, 4) is 11.5 Å². The third kappa shape index (κ3) is 4.46. The van der Waals surface area contributed by atoms with E-state index in [0.29, 0.717) is 31.7 Å². The van der Waals surface area contributed by atoms with Crippen molar-refractivity contribution in [3.63, 3.8) is 0 Å². The summed E-state index contributed by atoms with van der Waals surface area (Å²) in [5.41, 5.74) is 4.52. The van der Waals surface area contributed by atoms with E-state index >= 15 is 0 Å². The molecule has 2 aromatic rings. The first-order chi connectivity index (χ1) is 14.5. The SMILES string of the molecule is Cc1cccc(C(C)C)c1NC(=O)C[NH+]1CCC[C@@H]1c1ccc2c(c1)OCCCO2. The molecule has 2 aromatic carbocycles. The maximum Gasteiger partial charge on any atom is 0.279 e. The van der Waals surface area contributed by atoms with Gasteiger partial charge in [0.25, 0.3) is 5.91 Å². The summed E-state index contributed by atoms with van der Waals surface area (Å²) in [6.07, 6.45) is 3.12. The Hall–Kier alpha value is -2.53. The van der Waals surface area contributed by atoms with Crippen LogP contribution in [0.15, 0.2) is 36.4 Å². The van der Waals surface area contributed by atoms with Gasteiger partial charge < -0.3 is 19.7 Å². The van der Waals surface area contributed by atoms with Gasteiger partial charge in [-0.25, -0.2) is 0 Å². The number of nitrogens with one attached hydrogen (secondary N) is 2. The first-order valence-corrected chi connectivity index (χ1v) is 11.2. The van der Waals surface area contributed by atoms with Crippen molar-refractivity contribution in [2.45, 2.75) is 52.0 Å². The van der Waals surface area contributed by atoms with Crippen molar-refractivity contribution in [2.24, 2.45) is 0 Å². The summed E-state index contributed by atoms with van der Waals surface area (Å²) in [5, 5.41) is 3.21. The number of aryl methyl sites for hydroxylation is 1. The fourth-order valence-corrected chi connectivity index (χ4v) is 4.65. The molecule has 1 unspecified atom stereocenters.